The lowest BCUT2D eigenvalue weighted by molar-refractivity contribution is 0.376. The first-order valence-corrected chi connectivity index (χ1v) is 8.36. The minimum Gasteiger partial charge on any atom is -0.353 e. The number of nitrogens with one attached hydrogen (secondary N) is 2. The molecular formula is C16H14BrN5OS. The highest BCUT2D eigenvalue weighted by atomic mass is 79.9. The molecule has 0 unspecified atom stereocenters. The van der Waals surface area contributed by atoms with E-state index in [0.717, 1.165) is 15.6 Å². The Labute approximate surface area is 152 Å². The average molecular weight is 404 g/mol. The number of aromatic nitrogens is 3. The van der Waals surface area contributed by atoms with E-state index in [-0.39, 0.29) is 0 Å². The molecule has 0 atom stereocenters. The van der Waals surface area contributed by atoms with Crippen LogP contribution in [0.5, 0.6) is 0 Å². The second-order valence-corrected chi connectivity index (χ2v) is 6.37. The normalized spacial score (nSPS) is 10.4. The lowest BCUT2D eigenvalue weighted by Crippen LogP contribution is -2.28. The number of nitrogens with zero attached hydrogens (tertiary/aromatic N) is 3. The number of hydrogen-bond donors (Lipinski definition) is 2. The SMILES string of the molecule is Cc1ccnc(NC(=S)NCc2nc(-c3cccc(Br)c3)no2)c1. The molecule has 3 aromatic rings. The van der Waals surface area contributed by atoms with Gasteiger partial charge in [0.1, 0.15) is 5.82 Å². The van der Waals surface area contributed by atoms with Crippen LogP contribution < -0.4 is 10.6 Å². The summed E-state index contributed by atoms with van der Waals surface area (Å²) in [5.41, 5.74) is 1.98. The maximum absolute atomic E-state index is 5.24. The zero-order valence-electron chi connectivity index (χ0n) is 12.8. The molecule has 0 bridgehead atoms. The van der Waals surface area contributed by atoms with Gasteiger partial charge in [0.25, 0.3) is 0 Å². The van der Waals surface area contributed by atoms with Crippen LogP contribution in [0.1, 0.15) is 11.5 Å². The number of benzene rings is 1. The summed E-state index contributed by atoms with van der Waals surface area (Å²) >= 11 is 8.66. The molecule has 6 nitrogen and oxygen atoms in total. The molecule has 0 aliphatic heterocycles. The van der Waals surface area contributed by atoms with E-state index in [9.17, 15) is 0 Å². The Morgan fingerprint density at radius 1 is 1.29 bits per heavy atom. The molecule has 0 aliphatic rings. The summed E-state index contributed by atoms with van der Waals surface area (Å²) in [5, 5.41) is 10.4. The Morgan fingerprint density at radius 2 is 2.17 bits per heavy atom. The van der Waals surface area contributed by atoms with Gasteiger partial charge in [-0.05, 0) is 49.0 Å². The van der Waals surface area contributed by atoms with Crippen molar-refractivity contribution in [3.8, 4) is 11.4 Å². The van der Waals surface area contributed by atoms with Crippen LogP contribution in [-0.2, 0) is 6.54 Å². The molecular weight excluding hydrogens is 390 g/mol. The van der Waals surface area contributed by atoms with E-state index in [4.69, 9.17) is 16.7 Å². The third-order valence-electron chi connectivity index (χ3n) is 3.11. The second-order valence-electron chi connectivity index (χ2n) is 5.05. The van der Waals surface area contributed by atoms with Crippen LogP contribution in [0.4, 0.5) is 5.82 Å². The Kier molecular flexibility index (Phi) is 5.17. The number of pyridine rings is 1. The van der Waals surface area contributed by atoms with Crippen molar-refractivity contribution in [3.63, 3.8) is 0 Å². The zero-order valence-corrected chi connectivity index (χ0v) is 15.2. The van der Waals surface area contributed by atoms with E-state index >= 15 is 0 Å². The lowest BCUT2D eigenvalue weighted by Gasteiger charge is -2.08. The van der Waals surface area contributed by atoms with E-state index in [2.05, 4.69) is 41.7 Å². The Hall–Kier alpha value is -2.32. The van der Waals surface area contributed by atoms with E-state index in [1.165, 1.54) is 0 Å². The molecule has 0 fully saturated rings. The fourth-order valence-electron chi connectivity index (χ4n) is 1.99. The molecule has 122 valence electrons. The third-order valence-corrected chi connectivity index (χ3v) is 3.85. The van der Waals surface area contributed by atoms with Crippen LogP contribution in [0.3, 0.4) is 0 Å². The van der Waals surface area contributed by atoms with Crippen molar-refractivity contribution < 1.29 is 4.52 Å². The summed E-state index contributed by atoms with van der Waals surface area (Å²) in [4.78, 5) is 8.54. The Bertz CT molecular complexity index is 867. The molecule has 2 N–H and O–H groups in total. The largest absolute Gasteiger partial charge is 0.353 e. The maximum atomic E-state index is 5.24. The molecule has 0 aliphatic carbocycles. The van der Waals surface area contributed by atoms with Crippen LogP contribution >= 0.6 is 28.1 Å². The standard InChI is InChI=1S/C16H14BrN5OS/c1-10-5-6-18-13(7-10)20-16(24)19-9-14-21-15(22-23-14)11-3-2-4-12(17)8-11/h2-8H,9H2,1H3,(H2,18,19,20,24). The first kappa shape index (κ1) is 16.5. The minimum atomic E-state index is 0.332. The number of aryl methyl sites for hydroxylation is 1. The quantitative estimate of drug-likeness (QED) is 0.643. The molecule has 0 radical (unpaired) electrons. The summed E-state index contributed by atoms with van der Waals surface area (Å²) < 4.78 is 6.20. The third kappa shape index (κ3) is 4.36. The first-order valence-electron chi connectivity index (χ1n) is 7.16. The fourth-order valence-corrected chi connectivity index (χ4v) is 2.57. The van der Waals surface area contributed by atoms with Gasteiger partial charge in [-0.3, -0.25) is 0 Å². The lowest BCUT2D eigenvalue weighted by atomic mass is 10.2. The summed E-state index contributed by atoms with van der Waals surface area (Å²) in [6.07, 6.45) is 1.72. The summed E-state index contributed by atoms with van der Waals surface area (Å²) in [6.45, 7) is 2.32. The van der Waals surface area contributed by atoms with Gasteiger partial charge in [0.2, 0.25) is 11.7 Å². The molecule has 8 heteroatoms. The first-order chi connectivity index (χ1) is 11.6. The molecule has 0 amide bonds. The van der Waals surface area contributed by atoms with Crippen LogP contribution in [0.25, 0.3) is 11.4 Å². The molecule has 2 heterocycles. The van der Waals surface area contributed by atoms with Crippen molar-refractivity contribution in [1.82, 2.24) is 20.4 Å². The molecule has 3 rings (SSSR count). The van der Waals surface area contributed by atoms with Crippen LogP contribution in [0.15, 0.2) is 51.6 Å². The van der Waals surface area contributed by atoms with Gasteiger partial charge in [-0.2, -0.15) is 4.98 Å². The number of thiocarbonyl (C=S) groups is 1. The van der Waals surface area contributed by atoms with Crippen molar-refractivity contribution in [2.24, 2.45) is 0 Å². The summed E-state index contributed by atoms with van der Waals surface area (Å²) in [5.74, 6) is 1.67. The molecule has 0 saturated carbocycles. The topological polar surface area (TPSA) is 75.9 Å². The van der Waals surface area contributed by atoms with Crippen molar-refractivity contribution in [1.29, 1.82) is 0 Å². The van der Waals surface area contributed by atoms with Crippen molar-refractivity contribution >= 4 is 39.1 Å². The predicted molar refractivity (Wildman–Crippen MR) is 99.5 cm³/mol. The molecule has 24 heavy (non-hydrogen) atoms. The number of hydrogen-bond acceptors (Lipinski definition) is 5. The molecule has 2 aromatic heterocycles. The minimum absolute atomic E-state index is 0.332. The highest BCUT2D eigenvalue weighted by molar-refractivity contribution is 9.10. The van der Waals surface area contributed by atoms with Gasteiger partial charge in [-0.15, -0.1) is 0 Å². The van der Waals surface area contributed by atoms with Gasteiger partial charge in [0.15, 0.2) is 5.11 Å². The van der Waals surface area contributed by atoms with Crippen LogP contribution in [0.2, 0.25) is 0 Å². The summed E-state index contributed by atoms with van der Waals surface area (Å²) in [6, 6.07) is 11.5. The van der Waals surface area contributed by atoms with Crippen molar-refractivity contribution in [2.75, 3.05) is 5.32 Å². The molecule has 0 saturated heterocycles. The Morgan fingerprint density at radius 3 is 2.96 bits per heavy atom. The smallest absolute Gasteiger partial charge is 0.246 e. The average Bonchev–Trinajstić information content (AvgIpc) is 3.02. The second kappa shape index (κ2) is 7.50. The number of halogens is 1. The van der Waals surface area contributed by atoms with Gasteiger partial charge in [-0.1, -0.05) is 33.2 Å². The number of anilines is 1. The Balaban J connectivity index is 1.58. The fraction of sp³-hybridized carbons (Fsp3) is 0.125. The van der Waals surface area contributed by atoms with E-state index in [1.807, 2.05) is 43.3 Å². The van der Waals surface area contributed by atoms with Crippen molar-refractivity contribution in [2.45, 2.75) is 13.5 Å². The van der Waals surface area contributed by atoms with Gasteiger partial charge < -0.3 is 15.2 Å². The molecule has 1 aromatic carbocycles. The summed E-state index contributed by atoms with van der Waals surface area (Å²) in [7, 11) is 0. The number of rotatable bonds is 4. The maximum Gasteiger partial charge on any atom is 0.246 e. The van der Waals surface area contributed by atoms with Gasteiger partial charge in [0, 0.05) is 16.2 Å². The van der Waals surface area contributed by atoms with Gasteiger partial charge >= 0.3 is 0 Å². The van der Waals surface area contributed by atoms with Crippen LogP contribution in [0, 0.1) is 6.92 Å². The van der Waals surface area contributed by atoms with E-state index < -0.39 is 0 Å². The molecule has 0 spiro atoms. The van der Waals surface area contributed by atoms with E-state index in [0.29, 0.717) is 29.2 Å². The zero-order chi connectivity index (χ0) is 16.9. The predicted octanol–water partition coefficient (Wildman–Crippen LogP) is 3.69. The van der Waals surface area contributed by atoms with E-state index in [1.54, 1.807) is 6.20 Å². The monoisotopic (exact) mass is 403 g/mol. The van der Waals surface area contributed by atoms with Gasteiger partial charge in [-0.25, -0.2) is 4.98 Å². The highest BCUT2D eigenvalue weighted by Crippen LogP contribution is 2.20. The van der Waals surface area contributed by atoms with Gasteiger partial charge in [0.05, 0.1) is 6.54 Å². The van der Waals surface area contributed by atoms with Crippen LogP contribution in [-0.4, -0.2) is 20.2 Å². The highest BCUT2D eigenvalue weighted by Gasteiger charge is 2.09. The van der Waals surface area contributed by atoms with Crippen molar-refractivity contribution in [3.05, 3.63) is 58.5 Å².